The summed E-state index contributed by atoms with van der Waals surface area (Å²) in [5.74, 6) is -6.61. The second-order valence-electron chi connectivity index (χ2n) is 10.3. The molecule has 4 aliphatic rings. The molecule has 0 aromatic carbocycles. The van der Waals surface area contributed by atoms with Crippen molar-refractivity contribution in [2.24, 2.45) is 11.8 Å². The molecule has 0 bridgehead atoms. The van der Waals surface area contributed by atoms with Gasteiger partial charge >= 0.3 is 18.0 Å². The van der Waals surface area contributed by atoms with E-state index in [-0.39, 0.29) is 30.7 Å². The van der Waals surface area contributed by atoms with Gasteiger partial charge < -0.3 is 29.0 Å². The van der Waals surface area contributed by atoms with E-state index in [0.29, 0.717) is 13.0 Å². The molecule has 186 valence electrons. The number of hydrogen-bond acceptors (Lipinski definition) is 6. The van der Waals surface area contributed by atoms with Crippen LogP contribution in [-0.4, -0.2) is 84.3 Å². The Hall–Kier alpha value is -1.78. The van der Waals surface area contributed by atoms with Crippen LogP contribution >= 0.6 is 0 Å². The summed E-state index contributed by atoms with van der Waals surface area (Å²) in [7, 11) is 1.59. The lowest BCUT2D eigenvalue weighted by Gasteiger charge is -2.44. The van der Waals surface area contributed by atoms with Crippen LogP contribution in [0, 0.1) is 11.8 Å². The van der Waals surface area contributed by atoms with Crippen LogP contribution in [0.15, 0.2) is 11.6 Å². The fraction of sp³-hybridized carbons (Fsp3) is 0.826. The Balaban J connectivity index is 1.37. The van der Waals surface area contributed by atoms with Crippen LogP contribution in [0.1, 0.15) is 46.5 Å². The Morgan fingerprint density at radius 2 is 1.97 bits per heavy atom. The number of halogens is 2. The number of ether oxygens (including phenoxy) is 4. The van der Waals surface area contributed by atoms with Gasteiger partial charge in [0.25, 0.3) is 0 Å². The number of aliphatic carboxylic acids is 1. The molecule has 1 spiro atoms. The molecule has 0 radical (unpaired) electrons. The summed E-state index contributed by atoms with van der Waals surface area (Å²) in [5.41, 5.74) is 0.443. The van der Waals surface area contributed by atoms with Crippen molar-refractivity contribution in [3.8, 4) is 0 Å². The van der Waals surface area contributed by atoms with E-state index in [4.69, 9.17) is 24.1 Å². The second kappa shape index (κ2) is 8.46. The minimum Gasteiger partial charge on any atom is -0.477 e. The summed E-state index contributed by atoms with van der Waals surface area (Å²) in [5, 5.41) is 8.59. The Bertz CT molecular complexity index is 820. The maximum atomic E-state index is 13.4. The zero-order chi connectivity index (χ0) is 24.2. The van der Waals surface area contributed by atoms with Crippen molar-refractivity contribution in [2.75, 3.05) is 26.8 Å². The van der Waals surface area contributed by atoms with Crippen LogP contribution in [0.3, 0.4) is 0 Å². The summed E-state index contributed by atoms with van der Waals surface area (Å²) in [4.78, 5) is 24.6. The first-order valence-corrected chi connectivity index (χ1v) is 11.5. The van der Waals surface area contributed by atoms with Crippen molar-refractivity contribution >= 4 is 12.1 Å². The van der Waals surface area contributed by atoms with Gasteiger partial charge in [-0.05, 0) is 40.0 Å². The van der Waals surface area contributed by atoms with Gasteiger partial charge in [-0.3, -0.25) is 0 Å². The molecule has 4 fully saturated rings. The number of allylic oxidation sites excluding steroid dienone is 1. The summed E-state index contributed by atoms with van der Waals surface area (Å²) in [6, 6.07) is 0. The van der Waals surface area contributed by atoms with Crippen molar-refractivity contribution in [3.05, 3.63) is 11.6 Å². The predicted octanol–water partition coefficient (Wildman–Crippen LogP) is 3.24. The number of carboxylic acid groups (broad SMARTS) is 1. The fourth-order valence-electron chi connectivity index (χ4n) is 5.57. The van der Waals surface area contributed by atoms with Gasteiger partial charge in [-0.1, -0.05) is 11.6 Å². The number of epoxide rings is 2. The predicted molar refractivity (Wildman–Crippen MR) is 112 cm³/mol. The van der Waals surface area contributed by atoms with Crippen molar-refractivity contribution < 1.29 is 42.4 Å². The van der Waals surface area contributed by atoms with Gasteiger partial charge in [0, 0.05) is 32.5 Å². The first kappa shape index (κ1) is 24.3. The fourth-order valence-corrected chi connectivity index (χ4v) is 5.57. The van der Waals surface area contributed by atoms with E-state index in [9.17, 15) is 18.4 Å². The number of methoxy groups -OCH3 is 1. The van der Waals surface area contributed by atoms with Crippen LogP contribution in [0.4, 0.5) is 13.6 Å². The normalized spacial score (nSPS) is 37.9. The largest absolute Gasteiger partial charge is 0.477 e. The lowest BCUT2D eigenvalue weighted by Crippen LogP contribution is -2.58. The number of carbonyl (C=O) groups is 2. The number of carbonyl (C=O) groups excluding carboxylic acids is 1. The second-order valence-corrected chi connectivity index (χ2v) is 10.3. The molecule has 3 heterocycles. The van der Waals surface area contributed by atoms with E-state index in [1.54, 1.807) is 7.11 Å². The van der Waals surface area contributed by atoms with E-state index in [0.717, 1.165) is 12.8 Å². The van der Waals surface area contributed by atoms with Gasteiger partial charge in [0.05, 0.1) is 18.6 Å². The molecular formula is C23H33F2NO7. The minimum atomic E-state index is -3.79. The average Bonchev–Trinajstić information content (AvgIpc) is 3.61. The number of rotatable bonds is 8. The number of hydrogen-bond donors (Lipinski definition) is 1. The Morgan fingerprint density at radius 3 is 2.52 bits per heavy atom. The zero-order valence-electron chi connectivity index (χ0n) is 19.5. The summed E-state index contributed by atoms with van der Waals surface area (Å²) < 4.78 is 50.5. The molecule has 0 unspecified atom stereocenters. The van der Waals surface area contributed by atoms with Crippen molar-refractivity contribution in [1.29, 1.82) is 0 Å². The van der Waals surface area contributed by atoms with Crippen molar-refractivity contribution in [1.82, 2.24) is 4.90 Å². The minimum absolute atomic E-state index is 0.0395. The molecular weight excluding hydrogens is 440 g/mol. The van der Waals surface area contributed by atoms with Crippen LogP contribution in [0.2, 0.25) is 0 Å². The number of nitrogens with zero attached hydrogens (tertiary/aromatic N) is 1. The third-order valence-electron chi connectivity index (χ3n) is 7.56. The third-order valence-corrected chi connectivity index (χ3v) is 7.56. The monoisotopic (exact) mass is 473 g/mol. The van der Waals surface area contributed by atoms with Crippen molar-refractivity contribution in [3.63, 3.8) is 0 Å². The van der Waals surface area contributed by atoms with Gasteiger partial charge in [-0.2, -0.15) is 8.78 Å². The number of carboxylic acids is 1. The molecule has 6 atom stereocenters. The van der Waals surface area contributed by atoms with Gasteiger partial charge in [0.15, 0.2) is 0 Å². The molecule has 1 saturated carbocycles. The highest BCUT2D eigenvalue weighted by atomic mass is 19.3. The first-order chi connectivity index (χ1) is 15.4. The van der Waals surface area contributed by atoms with Gasteiger partial charge in [0.1, 0.15) is 23.4 Å². The maximum absolute atomic E-state index is 13.4. The quantitative estimate of drug-likeness (QED) is 0.427. The molecule has 3 saturated heterocycles. The van der Waals surface area contributed by atoms with Gasteiger partial charge in [-0.25, -0.2) is 9.59 Å². The molecule has 3 aliphatic heterocycles. The van der Waals surface area contributed by atoms with E-state index >= 15 is 0 Å². The summed E-state index contributed by atoms with van der Waals surface area (Å²) in [6.45, 7) is 6.87. The highest BCUT2D eigenvalue weighted by Gasteiger charge is 2.72. The Morgan fingerprint density at radius 1 is 1.30 bits per heavy atom. The molecule has 8 nitrogen and oxygen atoms in total. The maximum Gasteiger partial charge on any atom is 0.410 e. The van der Waals surface area contributed by atoms with Gasteiger partial charge in [0.2, 0.25) is 0 Å². The van der Waals surface area contributed by atoms with Crippen LogP contribution in [-0.2, 0) is 23.7 Å². The highest BCUT2D eigenvalue weighted by Crippen LogP contribution is 2.59. The molecule has 33 heavy (non-hydrogen) atoms. The molecule has 10 heteroatoms. The van der Waals surface area contributed by atoms with E-state index < -0.39 is 48.1 Å². The molecule has 0 aromatic heterocycles. The molecule has 1 N–H and O–H groups in total. The molecule has 1 aliphatic carbocycles. The topological polar surface area (TPSA) is 101 Å². The van der Waals surface area contributed by atoms with E-state index in [1.807, 2.05) is 13.8 Å². The smallest absolute Gasteiger partial charge is 0.410 e. The number of alkyl halides is 2. The van der Waals surface area contributed by atoms with E-state index in [2.05, 4.69) is 13.0 Å². The SMILES string of the molecule is CO[C@@H]1[C@H](OC(=O)N2CC(CC(F)(F)C(=O)O)C2)CC[C@]2(CO2)[C@H]1[C@@]1(C)O[C@@H]1CC=C(C)C. The molecule has 1 amide bonds. The highest BCUT2D eigenvalue weighted by molar-refractivity contribution is 5.75. The molecule has 0 aromatic rings. The zero-order valence-corrected chi connectivity index (χ0v) is 19.5. The Kier molecular flexibility index (Phi) is 6.24. The van der Waals surface area contributed by atoms with Gasteiger partial charge in [-0.15, -0.1) is 0 Å². The summed E-state index contributed by atoms with van der Waals surface area (Å²) in [6.07, 6.45) is 1.97. The van der Waals surface area contributed by atoms with Crippen LogP contribution in [0.5, 0.6) is 0 Å². The summed E-state index contributed by atoms with van der Waals surface area (Å²) >= 11 is 0. The lowest BCUT2D eigenvalue weighted by molar-refractivity contribution is -0.169. The lowest BCUT2D eigenvalue weighted by atomic mass is 9.68. The van der Waals surface area contributed by atoms with Crippen LogP contribution < -0.4 is 0 Å². The number of likely N-dealkylation sites (tertiary alicyclic amines) is 1. The van der Waals surface area contributed by atoms with E-state index in [1.165, 1.54) is 10.5 Å². The first-order valence-electron chi connectivity index (χ1n) is 11.5. The third kappa shape index (κ3) is 4.61. The average molecular weight is 474 g/mol. The van der Waals surface area contributed by atoms with Crippen molar-refractivity contribution in [2.45, 2.75) is 81.9 Å². The number of amides is 1. The van der Waals surface area contributed by atoms with Crippen LogP contribution in [0.25, 0.3) is 0 Å². The Labute approximate surface area is 192 Å². The molecule has 4 rings (SSSR count). The standard InChI is InChI=1S/C23H33F2NO7/c1-13(2)5-6-16-21(3,33-16)18-17(30-4)15(7-8-22(18)12-31-22)32-20(29)26-10-14(11-26)9-23(24,25)19(27)28/h5,14-18H,6-12H2,1-4H3,(H,27,28)/t15-,16-,17-,18-,21+,22+/m1/s1.